The quantitative estimate of drug-likeness (QED) is 0.747. The number of phenolic OH excluding ortho intramolecular Hbond substituents is 1. The monoisotopic (exact) mass is 173 g/mol. The number of aromatic hydroxyl groups is 1. The fraction of sp³-hybridized carbons (Fsp3) is 0.182. The molecule has 0 amide bonds. The van der Waals surface area contributed by atoms with E-state index in [1.807, 2.05) is 25.1 Å². The van der Waals surface area contributed by atoms with Gasteiger partial charge in [0, 0.05) is 0 Å². The lowest BCUT2D eigenvalue weighted by atomic mass is 10.1. The van der Waals surface area contributed by atoms with E-state index in [9.17, 15) is 5.11 Å². The third-order valence-corrected chi connectivity index (χ3v) is 1.60. The third-order valence-electron chi connectivity index (χ3n) is 1.60. The minimum absolute atomic E-state index is 0.261. The first kappa shape index (κ1) is 9.34. The Kier molecular flexibility index (Phi) is 3.10. The number of allylic oxidation sites excluding steroid dienone is 1. The van der Waals surface area contributed by atoms with Gasteiger partial charge in [-0.15, -0.1) is 0 Å². The summed E-state index contributed by atoms with van der Waals surface area (Å²) in [6.07, 6.45) is 4.00. The highest BCUT2D eigenvalue weighted by Gasteiger charge is 1.92. The van der Waals surface area contributed by atoms with Crippen molar-refractivity contribution in [2.24, 2.45) is 0 Å². The molecule has 66 valence electrons. The van der Waals surface area contributed by atoms with Crippen molar-refractivity contribution < 1.29 is 5.11 Å². The minimum atomic E-state index is 0.261. The van der Waals surface area contributed by atoms with Gasteiger partial charge in [0.05, 0.1) is 12.5 Å². The Morgan fingerprint density at radius 3 is 2.85 bits per heavy atom. The lowest BCUT2D eigenvalue weighted by Gasteiger charge is -1.97. The highest BCUT2D eigenvalue weighted by Crippen LogP contribution is 2.16. The molecule has 0 saturated carbocycles. The highest BCUT2D eigenvalue weighted by molar-refractivity contribution is 5.53. The van der Waals surface area contributed by atoms with Gasteiger partial charge in [-0.3, -0.25) is 0 Å². The van der Waals surface area contributed by atoms with Gasteiger partial charge in [-0.1, -0.05) is 18.2 Å². The van der Waals surface area contributed by atoms with E-state index in [1.165, 1.54) is 0 Å². The second-order valence-corrected chi connectivity index (χ2v) is 2.87. The van der Waals surface area contributed by atoms with Crippen molar-refractivity contribution in [1.29, 1.82) is 5.26 Å². The Bertz CT molecular complexity index is 341. The SMILES string of the molecule is Cc1cc(O)cc(C=CCC#N)c1. The van der Waals surface area contributed by atoms with Crippen LogP contribution in [0.1, 0.15) is 17.5 Å². The van der Waals surface area contributed by atoms with Crippen molar-refractivity contribution in [1.82, 2.24) is 0 Å². The third kappa shape index (κ3) is 3.00. The molecule has 0 fully saturated rings. The van der Waals surface area contributed by atoms with E-state index in [2.05, 4.69) is 0 Å². The maximum absolute atomic E-state index is 9.25. The molecule has 1 aromatic rings. The van der Waals surface area contributed by atoms with Crippen molar-refractivity contribution in [3.63, 3.8) is 0 Å². The molecule has 0 unspecified atom stereocenters. The van der Waals surface area contributed by atoms with E-state index in [4.69, 9.17) is 5.26 Å². The number of nitriles is 1. The summed E-state index contributed by atoms with van der Waals surface area (Å²) in [5.74, 6) is 0.261. The molecule has 0 radical (unpaired) electrons. The van der Waals surface area contributed by atoms with Crippen molar-refractivity contribution >= 4 is 6.08 Å². The first-order chi connectivity index (χ1) is 6.22. The van der Waals surface area contributed by atoms with E-state index in [1.54, 1.807) is 18.2 Å². The van der Waals surface area contributed by atoms with E-state index in [0.29, 0.717) is 6.42 Å². The van der Waals surface area contributed by atoms with Gasteiger partial charge in [-0.25, -0.2) is 0 Å². The van der Waals surface area contributed by atoms with E-state index in [0.717, 1.165) is 11.1 Å². The van der Waals surface area contributed by atoms with Crippen LogP contribution in [-0.2, 0) is 0 Å². The lowest BCUT2D eigenvalue weighted by Crippen LogP contribution is -1.76. The first-order valence-electron chi connectivity index (χ1n) is 4.06. The molecule has 0 aliphatic heterocycles. The zero-order valence-corrected chi connectivity index (χ0v) is 7.49. The Labute approximate surface area is 77.8 Å². The molecule has 1 rings (SSSR count). The Balaban J connectivity index is 2.84. The van der Waals surface area contributed by atoms with Gasteiger partial charge >= 0.3 is 0 Å². The Hall–Kier alpha value is -1.75. The van der Waals surface area contributed by atoms with Crippen LogP contribution in [0.2, 0.25) is 0 Å². The predicted octanol–water partition coefficient (Wildman–Crippen LogP) is 2.63. The summed E-state index contributed by atoms with van der Waals surface area (Å²) >= 11 is 0. The summed E-state index contributed by atoms with van der Waals surface area (Å²) in [5.41, 5.74) is 1.93. The number of benzene rings is 1. The zero-order chi connectivity index (χ0) is 9.68. The summed E-state index contributed by atoms with van der Waals surface area (Å²) in [6.45, 7) is 1.92. The molecule has 0 saturated heterocycles. The largest absolute Gasteiger partial charge is 0.508 e. The zero-order valence-electron chi connectivity index (χ0n) is 7.49. The van der Waals surface area contributed by atoms with Crippen LogP contribution in [0.4, 0.5) is 0 Å². The van der Waals surface area contributed by atoms with Gasteiger partial charge in [0.25, 0.3) is 0 Å². The molecular weight excluding hydrogens is 162 g/mol. The van der Waals surface area contributed by atoms with E-state index in [-0.39, 0.29) is 5.75 Å². The average Bonchev–Trinajstić information content (AvgIpc) is 2.03. The van der Waals surface area contributed by atoms with Gasteiger partial charge in [-0.05, 0) is 30.2 Å². The predicted molar refractivity (Wildman–Crippen MR) is 52.1 cm³/mol. The molecule has 0 heterocycles. The molecule has 0 aliphatic carbocycles. The lowest BCUT2D eigenvalue weighted by molar-refractivity contribution is 0.475. The van der Waals surface area contributed by atoms with Crippen molar-refractivity contribution in [2.75, 3.05) is 0 Å². The summed E-state index contributed by atoms with van der Waals surface area (Å²) < 4.78 is 0. The Morgan fingerprint density at radius 1 is 1.46 bits per heavy atom. The van der Waals surface area contributed by atoms with Crippen LogP contribution >= 0.6 is 0 Å². The van der Waals surface area contributed by atoms with Crippen LogP contribution in [0.5, 0.6) is 5.75 Å². The average molecular weight is 173 g/mol. The number of hydrogen-bond donors (Lipinski definition) is 1. The van der Waals surface area contributed by atoms with Gasteiger partial charge in [-0.2, -0.15) is 5.26 Å². The topological polar surface area (TPSA) is 44.0 Å². The molecule has 0 atom stereocenters. The number of phenols is 1. The molecule has 1 N–H and O–H groups in total. The van der Waals surface area contributed by atoms with Gasteiger partial charge < -0.3 is 5.11 Å². The molecule has 2 heteroatoms. The van der Waals surface area contributed by atoms with Crippen LogP contribution in [0.15, 0.2) is 24.3 Å². The number of aryl methyl sites for hydroxylation is 1. The summed E-state index contributed by atoms with van der Waals surface area (Å²) in [6, 6.07) is 7.33. The maximum Gasteiger partial charge on any atom is 0.116 e. The van der Waals surface area contributed by atoms with Crippen LogP contribution in [0, 0.1) is 18.3 Å². The van der Waals surface area contributed by atoms with Gasteiger partial charge in [0.1, 0.15) is 5.75 Å². The second kappa shape index (κ2) is 4.32. The fourth-order valence-electron chi connectivity index (χ4n) is 1.14. The van der Waals surface area contributed by atoms with Crippen LogP contribution in [-0.4, -0.2) is 5.11 Å². The second-order valence-electron chi connectivity index (χ2n) is 2.87. The molecule has 1 aromatic carbocycles. The molecule has 13 heavy (non-hydrogen) atoms. The van der Waals surface area contributed by atoms with Crippen LogP contribution < -0.4 is 0 Å². The van der Waals surface area contributed by atoms with Crippen LogP contribution in [0.25, 0.3) is 6.08 Å². The Morgan fingerprint density at radius 2 is 2.23 bits per heavy atom. The normalized spacial score (nSPS) is 10.2. The number of nitrogens with zero attached hydrogens (tertiary/aromatic N) is 1. The van der Waals surface area contributed by atoms with Gasteiger partial charge in [0.2, 0.25) is 0 Å². The van der Waals surface area contributed by atoms with E-state index >= 15 is 0 Å². The maximum atomic E-state index is 9.25. The summed E-state index contributed by atoms with van der Waals surface area (Å²) in [4.78, 5) is 0. The fourth-order valence-corrected chi connectivity index (χ4v) is 1.14. The van der Waals surface area contributed by atoms with Crippen LogP contribution in [0.3, 0.4) is 0 Å². The first-order valence-corrected chi connectivity index (χ1v) is 4.06. The molecule has 0 bridgehead atoms. The number of rotatable bonds is 2. The van der Waals surface area contributed by atoms with E-state index < -0.39 is 0 Å². The number of hydrogen-bond acceptors (Lipinski definition) is 2. The summed E-state index contributed by atoms with van der Waals surface area (Å²) in [7, 11) is 0. The summed E-state index contributed by atoms with van der Waals surface area (Å²) in [5, 5.41) is 17.6. The molecular formula is C11H11NO. The smallest absolute Gasteiger partial charge is 0.116 e. The molecule has 0 spiro atoms. The van der Waals surface area contributed by atoms with Gasteiger partial charge in [0.15, 0.2) is 0 Å². The molecule has 0 aliphatic rings. The molecule has 0 aromatic heterocycles. The van der Waals surface area contributed by atoms with Crippen molar-refractivity contribution in [3.05, 3.63) is 35.4 Å². The highest BCUT2D eigenvalue weighted by atomic mass is 16.3. The van der Waals surface area contributed by atoms with Crippen molar-refractivity contribution in [2.45, 2.75) is 13.3 Å². The standard InChI is InChI=1S/C11H11NO/c1-9-6-10(4-2-3-5-12)8-11(13)7-9/h2,4,6-8,13H,3H2,1H3. The van der Waals surface area contributed by atoms with Crippen molar-refractivity contribution in [3.8, 4) is 11.8 Å². The minimum Gasteiger partial charge on any atom is -0.508 e. The molecule has 2 nitrogen and oxygen atoms in total.